The van der Waals surface area contributed by atoms with E-state index >= 15 is 0 Å². The zero-order valence-corrected chi connectivity index (χ0v) is 17.3. The van der Waals surface area contributed by atoms with E-state index in [0.29, 0.717) is 19.6 Å². The Labute approximate surface area is 176 Å². The maximum Gasteiger partial charge on any atom is 0.220 e. The summed E-state index contributed by atoms with van der Waals surface area (Å²) in [6.45, 7) is 3.36. The van der Waals surface area contributed by atoms with Crippen LogP contribution in [0.2, 0.25) is 0 Å². The summed E-state index contributed by atoms with van der Waals surface area (Å²) in [4.78, 5) is 12.5. The van der Waals surface area contributed by atoms with Gasteiger partial charge in [0.15, 0.2) is 12.6 Å². The summed E-state index contributed by atoms with van der Waals surface area (Å²) in [6.07, 6.45) is -0.219. The molecule has 3 heterocycles. The zero-order valence-electron chi connectivity index (χ0n) is 17.3. The molecule has 0 bridgehead atoms. The van der Waals surface area contributed by atoms with Gasteiger partial charge < -0.3 is 34.1 Å². The van der Waals surface area contributed by atoms with E-state index in [1.54, 1.807) is 0 Å². The second kappa shape index (κ2) is 10.2. The third-order valence-electron chi connectivity index (χ3n) is 5.62. The molecule has 8 nitrogen and oxygen atoms in total. The van der Waals surface area contributed by atoms with Crippen molar-refractivity contribution in [1.29, 1.82) is 0 Å². The number of nitrogens with one attached hydrogen (secondary N) is 1. The number of aliphatic hydroxyl groups excluding tert-OH is 1. The molecule has 0 spiro atoms. The van der Waals surface area contributed by atoms with Crippen LogP contribution in [-0.4, -0.2) is 67.6 Å². The predicted octanol–water partition coefficient (Wildman–Crippen LogP) is 1.67. The Balaban J connectivity index is 1.43. The number of benzene rings is 1. The SMILES string of the molecule is CCCCCC(=O)N[C@H]1[C@H](OC[C@H]2CO2)O[C@@H]2COC(c3ccccc3)O[C@H]2[C@@H]1O. The van der Waals surface area contributed by atoms with E-state index in [1.807, 2.05) is 30.3 Å². The number of amides is 1. The fraction of sp³-hybridized carbons (Fsp3) is 0.682. The molecule has 3 aliphatic rings. The van der Waals surface area contributed by atoms with Gasteiger partial charge in [-0.1, -0.05) is 50.1 Å². The minimum Gasteiger partial charge on any atom is -0.388 e. The molecule has 3 saturated heterocycles. The molecular formula is C22H31NO7. The number of carbonyl (C=O) groups is 1. The minimum absolute atomic E-state index is 0.0469. The summed E-state index contributed by atoms with van der Waals surface area (Å²) in [5, 5.41) is 14.0. The van der Waals surface area contributed by atoms with Gasteiger partial charge in [0.05, 0.1) is 19.8 Å². The minimum atomic E-state index is -0.987. The fourth-order valence-corrected chi connectivity index (χ4v) is 3.83. The van der Waals surface area contributed by atoms with Crippen molar-refractivity contribution in [2.24, 2.45) is 0 Å². The van der Waals surface area contributed by atoms with Gasteiger partial charge in [0, 0.05) is 12.0 Å². The van der Waals surface area contributed by atoms with Gasteiger partial charge in [0.2, 0.25) is 5.91 Å². The molecule has 2 N–H and O–H groups in total. The highest BCUT2D eigenvalue weighted by Gasteiger charge is 2.50. The molecule has 0 saturated carbocycles. The Morgan fingerprint density at radius 1 is 1.17 bits per heavy atom. The third kappa shape index (κ3) is 5.38. The van der Waals surface area contributed by atoms with Crippen molar-refractivity contribution in [3.05, 3.63) is 35.9 Å². The number of fused-ring (bicyclic) bond motifs is 1. The summed E-state index contributed by atoms with van der Waals surface area (Å²) in [5.74, 6) is -0.127. The lowest BCUT2D eigenvalue weighted by molar-refractivity contribution is -0.344. The average Bonchev–Trinajstić information content (AvgIpc) is 3.60. The maximum absolute atomic E-state index is 12.5. The first-order valence-corrected chi connectivity index (χ1v) is 10.8. The van der Waals surface area contributed by atoms with Gasteiger partial charge in [-0.25, -0.2) is 0 Å². The summed E-state index contributed by atoms with van der Waals surface area (Å²) in [6, 6.07) is 8.83. The van der Waals surface area contributed by atoms with Gasteiger partial charge in [-0.3, -0.25) is 4.79 Å². The van der Waals surface area contributed by atoms with Crippen LogP contribution >= 0.6 is 0 Å². The van der Waals surface area contributed by atoms with E-state index in [1.165, 1.54) is 0 Å². The van der Waals surface area contributed by atoms with Crippen molar-refractivity contribution in [3.8, 4) is 0 Å². The van der Waals surface area contributed by atoms with Gasteiger partial charge in [-0.2, -0.15) is 0 Å². The van der Waals surface area contributed by atoms with Crippen LogP contribution in [0.1, 0.15) is 44.5 Å². The Morgan fingerprint density at radius 2 is 1.97 bits per heavy atom. The van der Waals surface area contributed by atoms with Crippen molar-refractivity contribution < 1.29 is 33.6 Å². The quantitative estimate of drug-likeness (QED) is 0.462. The van der Waals surface area contributed by atoms with Crippen LogP contribution in [0.25, 0.3) is 0 Å². The number of epoxide rings is 1. The van der Waals surface area contributed by atoms with Crippen molar-refractivity contribution in [2.45, 2.75) is 75.6 Å². The van der Waals surface area contributed by atoms with E-state index in [0.717, 1.165) is 24.8 Å². The standard InChI is InChI=1S/C22H31NO7/c1-2-3-5-10-17(24)23-18-19(25)20-16(29-22(18)27-12-15-11-26-15)13-28-21(30-20)14-8-6-4-7-9-14/h4,6-9,15-16,18-22,25H,2-3,5,10-13H2,1H3,(H,23,24)/t15-,16-,18-,19-,20-,21?,22-/m1/s1. The third-order valence-corrected chi connectivity index (χ3v) is 5.62. The van der Waals surface area contributed by atoms with Crippen LogP contribution in [0.15, 0.2) is 30.3 Å². The molecule has 8 heteroatoms. The molecule has 0 aromatic heterocycles. The molecule has 0 aliphatic carbocycles. The van der Waals surface area contributed by atoms with E-state index < -0.39 is 36.9 Å². The predicted molar refractivity (Wildman–Crippen MR) is 106 cm³/mol. The highest BCUT2D eigenvalue weighted by atomic mass is 16.7. The largest absolute Gasteiger partial charge is 0.388 e. The topological polar surface area (TPSA) is 98.8 Å². The van der Waals surface area contributed by atoms with E-state index in [2.05, 4.69) is 12.2 Å². The molecule has 1 aromatic carbocycles. The molecule has 1 amide bonds. The molecule has 1 aromatic rings. The van der Waals surface area contributed by atoms with Crippen molar-refractivity contribution >= 4 is 5.91 Å². The number of hydrogen-bond donors (Lipinski definition) is 2. The van der Waals surface area contributed by atoms with E-state index in [-0.39, 0.29) is 18.6 Å². The summed E-state index contributed by atoms with van der Waals surface area (Å²) in [5.41, 5.74) is 0.868. The number of rotatable bonds is 9. The first-order valence-electron chi connectivity index (χ1n) is 10.8. The van der Waals surface area contributed by atoms with Crippen LogP contribution in [0.4, 0.5) is 0 Å². The lowest BCUT2D eigenvalue weighted by Gasteiger charge is -2.47. The van der Waals surface area contributed by atoms with Gasteiger partial charge >= 0.3 is 0 Å². The fourth-order valence-electron chi connectivity index (χ4n) is 3.83. The lowest BCUT2D eigenvalue weighted by Crippen LogP contribution is -2.66. The Hall–Kier alpha value is -1.55. The number of carbonyl (C=O) groups excluding carboxylic acids is 1. The van der Waals surface area contributed by atoms with E-state index in [4.69, 9.17) is 23.7 Å². The highest BCUT2D eigenvalue weighted by molar-refractivity contribution is 5.76. The first-order chi connectivity index (χ1) is 14.7. The Morgan fingerprint density at radius 3 is 2.70 bits per heavy atom. The number of aliphatic hydroxyl groups is 1. The molecule has 0 radical (unpaired) electrons. The number of unbranched alkanes of at least 4 members (excludes halogenated alkanes) is 2. The Kier molecular flexibility index (Phi) is 7.35. The summed E-state index contributed by atoms with van der Waals surface area (Å²) in [7, 11) is 0. The molecular weight excluding hydrogens is 390 g/mol. The molecule has 3 fully saturated rings. The van der Waals surface area contributed by atoms with Crippen molar-refractivity contribution in [2.75, 3.05) is 19.8 Å². The number of ether oxygens (including phenoxy) is 5. The molecule has 30 heavy (non-hydrogen) atoms. The molecule has 1 unspecified atom stereocenters. The first kappa shape index (κ1) is 21.7. The lowest BCUT2D eigenvalue weighted by atomic mass is 9.95. The highest BCUT2D eigenvalue weighted by Crippen LogP contribution is 2.34. The Bertz CT molecular complexity index is 683. The van der Waals surface area contributed by atoms with Crippen molar-refractivity contribution in [3.63, 3.8) is 0 Å². The van der Waals surface area contributed by atoms with Gasteiger partial charge in [-0.15, -0.1) is 0 Å². The second-order valence-electron chi connectivity index (χ2n) is 8.05. The van der Waals surface area contributed by atoms with Gasteiger partial charge in [-0.05, 0) is 6.42 Å². The van der Waals surface area contributed by atoms with Crippen LogP contribution in [0, 0.1) is 0 Å². The van der Waals surface area contributed by atoms with Crippen LogP contribution < -0.4 is 5.32 Å². The molecule has 7 atom stereocenters. The second-order valence-corrected chi connectivity index (χ2v) is 8.05. The van der Waals surface area contributed by atoms with Crippen LogP contribution in [-0.2, 0) is 28.5 Å². The zero-order chi connectivity index (χ0) is 20.9. The van der Waals surface area contributed by atoms with Gasteiger partial charge in [0.25, 0.3) is 0 Å². The van der Waals surface area contributed by atoms with Crippen LogP contribution in [0.3, 0.4) is 0 Å². The average molecular weight is 421 g/mol. The number of hydrogen-bond acceptors (Lipinski definition) is 7. The van der Waals surface area contributed by atoms with Crippen molar-refractivity contribution in [1.82, 2.24) is 5.32 Å². The van der Waals surface area contributed by atoms with Crippen LogP contribution in [0.5, 0.6) is 0 Å². The summed E-state index contributed by atoms with van der Waals surface area (Å²) >= 11 is 0. The monoisotopic (exact) mass is 421 g/mol. The smallest absolute Gasteiger partial charge is 0.220 e. The molecule has 4 rings (SSSR count). The maximum atomic E-state index is 12.5. The van der Waals surface area contributed by atoms with E-state index in [9.17, 15) is 9.90 Å². The molecule has 166 valence electrons. The summed E-state index contributed by atoms with van der Waals surface area (Å²) < 4.78 is 29.0. The normalized spacial score (nSPS) is 35.5. The molecule has 3 aliphatic heterocycles. The van der Waals surface area contributed by atoms with Gasteiger partial charge in [0.1, 0.15) is 30.5 Å².